The smallest absolute Gasteiger partial charge is 0.346 e. The van der Waals surface area contributed by atoms with E-state index in [0.717, 1.165) is 23.3 Å². The van der Waals surface area contributed by atoms with Gasteiger partial charge in [-0.2, -0.15) is 0 Å². The summed E-state index contributed by atoms with van der Waals surface area (Å²) in [6, 6.07) is 7.18. The highest BCUT2D eigenvalue weighted by Crippen LogP contribution is 2.41. The molecule has 3 nitrogen and oxygen atoms in total. The maximum atomic E-state index is 14.4. The molecule has 3 aromatic rings. The van der Waals surface area contributed by atoms with Gasteiger partial charge < -0.3 is 9.84 Å². The van der Waals surface area contributed by atoms with Crippen molar-refractivity contribution in [2.45, 2.75) is 12.8 Å². The first-order chi connectivity index (χ1) is 11.5. The lowest BCUT2D eigenvalue weighted by molar-refractivity contribution is 0.0703. The van der Waals surface area contributed by atoms with Crippen LogP contribution in [0.25, 0.3) is 21.2 Å². The zero-order chi connectivity index (χ0) is 16.8. The largest absolute Gasteiger partial charge is 0.490 e. The van der Waals surface area contributed by atoms with Gasteiger partial charge in [0.05, 0.1) is 6.61 Å². The Morgan fingerprint density at radius 3 is 2.83 bits per heavy atom. The van der Waals surface area contributed by atoms with Gasteiger partial charge in [-0.25, -0.2) is 13.6 Å². The molecule has 0 bridgehead atoms. The molecule has 0 fully saturated rings. The Morgan fingerprint density at radius 1 is 1.21 bits per heavy atom. The molecule has 0 aliphatic carbocycles. The molecule has 122 valence electrons. The third-order valence-electron chi connectivity index (χ3n) is 4.09. The second-order valence-electron chi connectivity index (χ2n) is 5.65. The molecule has 1 aromatic heterocycles. The van der Waals surface area contributed by atoms with Gasteiger partial charge in [-0.1, -0.05) is 0 Å². The number of aryl methyl sites for hydroxylation is 1. The molecular formula is C18H12F2O3S. The molecule has 0 atom stereocenters. The van der Waals surface area contributed by atoms with Gasteiger partial charge in [-0.3, -0.25) is 0 Å². The first-order valence-electron chi connectivity index (χ1n) is 7.45. The quantitative estimate of drug-likeness (QED) is 0.720. The number of aromatic carboxylic acids is 1. The average Bonchev–Trinajstić information content (AvgIpc) is 2.93. The minimum Gasteiger partial charge on any atom is -0.490 e. The highest BCUT2D eigenvalue weighted by atomic mass is 32.1. The topological polar surface area (TPSA) is 46.5 Å². The van der Waals surface area contributed by atoms with Crippen LogP contribution < -0.4 is 4.74 Å². The fourth-order valence-electron chi connectivity index (χ4n) is 3.09. The van der Waals surface area contributed by atoms with Crippen molar-refractivity contribution in [3.8, 4) is 16.9 Å². The maximum Gasteiger partial charge on any atom is 0.346 e. The summed E-state index contributed by atoms with van der Waals surface area (Å²) >= 11 is 0.991. The lowest BCUT2D eigenvalue weighted by Gasteiger charge is -2.19. The van der Waals surface area contributed by atoms with Gasteiger partial charge in [-0.05, 0) is 54.3 Å². The number of halogens is 2. The second kappa shape index (κ2) is 5.56. The van der Waals surface area contributed by atoms with Crippen molar-refractivity contribution < 1.29 is 23.4 Å². The van der Waals surface area contributed by atoms with E-state index >= 15 is 0 Å². The zero-order valence-electron chi connectivity index (χ0n) is 12.4. The summed E-state index contributed by atoms with van der Waals surface area (Å²) in [5.74, 6) is -1.80. The van der Waals surface area contributed by atoms with Crippen molar-refractivity contribution in [2.24, 2.45) is 0 Å². The first-order valence-corrected chi connectivity index (χ1v) is 8.27. The standard InChI is InChI=1S/C18H12F2O3S/c19-11-3-4-12-14(8-11)24-17(18(21)22)15(12)10-6-9-2-1-5-23-16(9)13(20)7-10/h3-4,6-8H,1-2,5H2,(H,21,22). The molecule has 24 heavy (non-hydrogen) atoms. The van der Waals surface area contributed by atoms with E-state index in [1.807, 2.05) is 0 Å². The molecule has 6 heteroatoms. The number of carboxylic acid groups (broad SMARTS) is 1. The molecule has 1 N–H and O–H groups in total. The predicted octanol–water partition coefficient (Wildman–Crippen LogP) is 4.87. The summed E-state index contributed by atoms with van der Waals surface area (Å²) in [5, 5.41) is 10.1. The molecule has 0 saturated heterocycles. The van der Waals surface area contributed by atoms with Crippen molar-refractivity contribution >= 4 is 27.4 Å². The van der Waals surface area contributed by atoms with Gasteiger partial charge in [0.25, 0.3) is 0 Å². The van der Waals surface area contributed by atoms with E-state index in [-0.39, 0.29) is 10.6 Å². The van der Waals surface area contributed by atoms with Crippen LogP contribution in [0.4, 0.5) is 8.78 Å². The summed E-state index contributed by atoms with van der Waals surface area (Å²) in [4.78, 5) is 11.7. The molecule has 1 aliphatic heterocycles. The van der Waals surface area contributed by atoms with Crippen LogP contribution in [0.3, 0.4) is 0 Å². The number of carboxylic acids is 1. The molecule has 2 heterocycles. The first kappa shape index (κ1) is 15.1. The Hall–Kier alpha value is -2.47. The summed E-state index contributed by atoms with van der Waals surface area (Å²) in [6.45, 7) is 0.476. The maximum absolute atomic E-state index is 14.4. The molecular weight excluding hydrogens is 334 g/mol. The van der Waals surface area contributed by atoms with Crippen molar-refractivity contribution in [1.82, 2.24) is 0 Å². The number of carbonyl (C=O) groups is 1. The molecule has 0 amide bonds. The van der Waals surface area contributed by atoms with Crippen LogP contribution in [0.1, 0.15) is 21.7 Å². The van der Waals surface area contributed by atoms with Crippen LogP contribution in [0, 0.1) is 11.6 Å². The molecule has 4 rings (SSSR count). The van der Waals surface area contributed by atoms with E-state index in [0.29, 0.717) is 34.2 Å². The van der Waals surface area contributed by atoms with E-state index in [4.69, 9.17) is 4.74 Å². The molecule has 0 saturated carbocycles. The fraction of sp³-hybridized carbons (Fsp3) is 0.167. The van der Waals surface area contributed by atoms with E-state index in [1.165, 1.54) is 24.3 Å². The third kappa shape index (κ3) is 2.34. The summed E-state index contributed by atoms with van der Waals surface area (Å²) < 4.78 is 33.7. The van der Waals surface area contributed by atoms with Gasteiger partial charge in [0.1, 0.15) is 10.7 Å². The number of ether oxygens (including phenoxy) is 1. The molecule has 0 spiro atoms. The zero-order valence-corrected chi connectivity index (χ0v) is 13.3. The van der Waals surface area contributed by atoms with E-state index in [1.54, 1.807) is 6.07 Å². The van der Waals surface area contributed by atoms with Gasteiger partial charge in [0, 0.05) is 15.6 Å². The fourth-order valence-corrected chi connectivity index (χ4v) is 4.18. The number of rotatable bonds is 2. The summed E-state index contributed by atoms with van der Waals surface area (Å²) in [6.07, 6.45) is 1.47. The van der Waals surface area contributed by atoms with Crippen molar-refractivity contribution in [1.29, 1.82) is 0 Å². The molecule has 2 aromatic carbocycles. The van der Waals surface area contributed by atoms with Crippen molar-refractivity contribution in [3.63, 3.8) is 0 Å². The van der Waals surface area contributed by atoms with Crippen molar-refractivity contribution in [3.05, 3.63) is 52.4 Å². The number of benzene rings is 2. The van der Waals surface area contributed by atoms with Gasteiger partial charge in [0.2, 0.25) is 0 Å². The van der Waals surface area contributed by atoms with Gasteiger partial charge in [0.15, 0.2) is 11.6 Å². The monoisotopic (exact) mass is 346 g/mol. The minimum absolute atomic E-state index is 0.0756. The van der Waals surface area contributed by atoms with E-state index < -0.39 is 17.6 Å². The van der Waals surface area contributed by atoms with Crippen LogP contribution >= 0.6 is 11.3 Å². The predicted molar refractivity (Wildman–Crippen MR) is 88.0 cm³/mol. The second-order valence-corrected chi connectivity index (χ2v) is 6.70. The minimum atomic E-state index is -1.11. The normalized spacial score (nSPS) is 13.6. The number of hydrogen-bond acceptors (Lipinski definition) is 3. The van der Waals surface area contributed by atoms with Crippen LogP contribution in [-0.2, 0) is 6.42 Å². The van der Waals surface area contributed by atoms with Gasteiger partial charge >= 0.3 is 5.97 Å². The van der Waals surface area contributed by atoms with E-state index in [9.17, 15) is 18.7 Å². The lowest BCUT2D eigenvalue weighted by Crippen LogP contribution is -2.10. The lowest BCUT2D eigenvalue weighted by atomic mass is 9.96. The molecule has 1 aliphatic rings. The Morgan fingerprint density at radius 2 is 2.04 bits per heavy atom. The highest BCUT2D eigenvalue weighted by molar-refractivity contribution is 7.21. The van der Waals surface area contributed by atoms with Crippen LogP contribution in [0.15, 0.2) is 30.3 Å². The average molecular weight is 346 g/mol. The van der Waals surface area contributed by atoms with Crippen molar-refractivity contribution in [2.75, 3.05) is 6.61 Å². The van der Waals surface area contributed by atoms with Crippen LogP contribution in [-0.4, -0.2) is 17.7 Å². The number of hydrogen-bond donors (Lipinski definition) is 1. The Bertz CT molecular complexity index is 978. The number of thiophene rings is 1. The third-order valence-corrected chi connectivity index (χ3v) is 5.23. The van der Waals surface area contributed by atoms with E-state index in [2.05, 4.69) is 0 Å². The summed E-state index contributed by atoms with van der Waals surface area (Å²) in [5.41, 5.74) is 1.64. The number of fused-ring (bicyclic) bond motifs is 2. The SMILES string of the molecule is O=C(O)c1sc2cc(F)ccc2c1-c1cc(F)c2c(c1)CCCO2. The Labute approximate surface area is 140 Å². The Balaban J connectivity index is 2.00. The molecule has 0 radical (unpaired) electrons. The highest BCUT2D eigenvalue weighted by Gasteiger charge is 2.23. The Kier molecular flexibility index (Phi) is 3.49. The van der Waals surface area contributed by atoms with Crippen LogP contribution in [0.2, 0.25) is 0 Å². The summed E-state index contributed by atoms with van der Waals surface area (Å²) in [7, 11) is 0. The van der Waals surface area contributed by atoms with Crippen LogP contribution in [0.5, 0.6) is 5.75 Å². The molecule has 0 unspecified atom stereocenters. The van der Waals surface area contributed by atoms with Gasteiger partial charge in [-0.15, -0.1) is 11.3 Å².